The van der Waals surface area contributed by atoms with E-state index in [1.165, 1.54) is 5.56 Å². The summed E-state index contributed by atoms with van der Waals surface area (Å²) >= 11 is 5.38. The minimum absolute atomic E-state index is 0.365. The summed E-state index contributed by atoms with van der Waals surface area (Å²) in [4.78, 5) is 22.0. The molecular formula is C13H13ClO2. The van der Waals surface area contributed by atoms with Crippen molar-refractivity contribution in [3.63, 3.8) is 0 Å². The molecule has 1 aromatic rings. The lowest BCUT2D eigenvalue weighted by Crippen LogP contribution is -2.12. The van der Waals surface area contributed by atoms with Crippen molar-refractivity contribution >= 4 is 22.6 Å². The number of halogens is 1. The lowest BCUT2D eigenvalue weighted by atomic mass is 9.83. The Hall–Kier alpha value is -1.15. The number of carbonyl (C=O) groups excluding carboxylic acids is 2. The minimum atomic E-state index is -0.426. The van der Waals surface area contributed by atoms with Gasteiger partial charge in [0.25, 0.3) is 5.24 Å². The monoisotopic (exact) mass is 236 g/mol. The smallest absolute Gasteiger partial charge is 0.252 e. The molecule has 16 heavy (non-hydrogen) atoms. The van der Waals surface area contributed by atoms with Gasteiger partial charge in [0.2, 0.25) is 0 Å². The first-order valence-electron chi connectivity index (χ1n) is 5.48. The molecule has 1 aromatic carbocycles. The van der Waals surface area contributed by atoms with Crippen LogP contribution in [-0.4, -0.2) is 11.0 Å². The molecule has 84 valence electrons. The van der Waals surface area contributed by atoms with Crippen molar-refractivity contribution in [1.29, 1.82) is 0 Å². The molecule has 2 rings (SSSR count). The number of Topliss-reactive ketones (excluding diaryl/α,β-unsaturated/α-hetero) is 1. The van der Waals surface area contributed by atoms with Gasteiger partial charge in [-0.3, -0.25) is 9.59 Å². The van der Waals surface area contributed by atoms with Gasteiger partial charge < -0.3 is 0 Å². The molecule has 0 amide bonds. The highest BCUT2D eigenvalue weighted by molar-refractivity contribution is 6.67. The van der Waals surface area contributed by atoms with Crippen LogP contribution < -0.4 is 0 Å². The predicted molar refractivity (Wildman–Crippen MR) is 62.8 cm³/mol. The van der Waals surface area contributed by atoms with Crippen LogP contribution in [0.25, 0.3) is 0 Å². The van der Waals surface area contributed by atoms with Crippen LogP contribution in [0, 0.1) is 0 Å². The SMILES string of the molecule is O=C1CCC(c2ccc(C(=O)Cl)cc2)CC1. The van der Waals surface area contributed by atoms with E-state index in [0.29, 0.717) is 30.1 Å². The number of carbonyl (C=O) groups is 2. The van der Waals surface area contributed by atoms with Gasteiger partial charge in [0.15, 0.2) is 0 Å². The fourth-order valence-electron chi connectivity index (χ4n) is 2.16. The molecule has 0 aromatic heterocycles. The third kappa shape index (κ3) is 2.50. The summed E-state index contributed by atoms with van der Waals surface area (Å²) in [6.07, 6.45) is 3.21. The fourth-order valence-corrected chi connectivity index (χ4v) is 2.29. The van der Waals surface area contributed by atoms with Gasteiger partial charge in [-0.25, -0.2) is 0 Å². The molecule has 1 aliphatic carbocycles. The highest BCUT2D eigenvalue weighted by atomic mass is 35.5. The second kappa shape index (κ2) is 4.79. The molecule has 1 saturated carbocycles. The Morgan fingerprint density at radius 3 is 2.19 bits per heavy atom. The summed E-state index contributed by atoms with van der Waals surface area (Å²) in [6.45, 7) is 0. The summed E-state index contributed by atoms with van der Waals surface area (Å²) < 4.78 is 0. The molecule has 0 unspecified atom stereocenters. The highest BCUT2D eigenvalue weighted by Crippen LogP contribution is 2.31. The predicted octanol–water partition coefficient (Wildman–Crippen LogP) is 3.29. The molecule has 0 bridgehead atoms. The summed E-state index contributed by atoms with van der Waals surface area (Å²) in [5, 5.41) is -0.426. The van der Waals surface area contributed by atoms with Crippen molar-refractivity contribution in [3.8, 4) is 0 Å². The van der Waals surface area contributed by atoms with Gasteiger partial charge in [0.1, 0.15) is 5.78 Å². The van der Waals surface area contributed by atoms with E-state index in [1.807, 2.05) is 12.1 Å². The molecule has 0 radical (unpaired) electrons. The standard InChI is InChI=1S/C13H13ClO2/c14-13(16)11-3-1-9(2-4-11)10-5-7-12(15)8-6-10/h1-4,10H,5-8H2. The van der Waals surface area contributed by atoms with Gasteiger partial charge in [-0.15, -0.1) is 0 Å². The summed E-state index contributed by atoms with van der Waals surface area (Å²) in [7, 11) is 0. The molecule has 0 heterocycles. The number of ketones is 1. The Bertz CT molecular complexity index is 398. The normalized spacial score (nSPS) is 17.4. The van der Waals surface area contributed by atoms with Crippen molar-refractivity contribution in [2.45, 2.75) is 31.6 Å². The van der Waals surface area contributed by atoms with Gasteiger partial charge in [-0.05, 0) is 48.1 Å². The second-order valence-electron chi connectivity index (χ2n) is 4.21. The van der Waals surface area contributed by atoms with Crippen molar-refractivity contribution in [2.24, 2.45) is 0 Å². The van der Waals surface area contributed by atoms with Gasteiger partial charge in [-0.2, -0.15) is 0 Å². The largest absolute Gasteiger partial charge is 0.300 e. The van der Waals surface area contributed by atoms with Crippen molar-refractivity contribution in [1.82, 2.24) is 0 Å². The zero-order valence-corrected chi connectivity index (χ0v) is 9.67. The maximum atomic E-state index is 11.1. The molecule has 3 heteroatoms. The first kappa shape index (κ1) is 11.3. The maximum absolute atomic E-state index is 11.1. The summed E-state index contributed by atoms with van der Waals surface area (Å²) in [5.74, 6) is 0.820. The zero-order valence-electron chi connectivity index (χ0n) is 8.91. The van der Waals surface area contributed by atoms with Gasteiger partial charge >= 0.3 is 0 Å². The number of hydrogen-bond donors (Lipinski definition) is 0. The minimum Gasteiger partial charge on any atom is -0.300 e. The van der Waals surface area contributed by atoms with Crippen LogP contribution in [0.4, 0.5) is 0 Å². The number of rotatable bonds is 2. The maximum Gasteiger partial charge on any atom is 0.252 e. The van der Waals surface area contributed by atoms with Gasteiger partial charge in [0, 0.05) is 18.4 Å². The Labute approximate surface area is 99.6 Å². The molecule has 0 spiro atoms. The van der Waals surface area contributed by atoms with E-state index in [2.05, 4.69) is 0 Å². The van der Waals surface area contributed by atoms with Crippen LogP contribution in [0.1, 0.15) is 47.5 Å². The zero-order chi connectivity index (χ0) is 11.5. The van der Waals surface area contributed by atoms with Gasteiger partial charge in [-0.1, -0.05) is 12.1 Å². The molecular weight excluding hydrogens is 224 g/mol. The van der Waals surface area contributed by atoms with E-state index in [9.17, 15) is 9.59 Å². The quantitative estimate of drug-likeness (QED) is 0.739. The van der Waals surface area contributed by atoms with Crippen molar-refractivity contribution in [3.05, 3.63) is 35.4 Å². The molecule has 2 nitrogen and oxygen atoms in total. The molecule has 0 N–H and O–H groups in total. The second-order valence-corrected chi connectivity index (χ2v) is 4.55. The summed E-state index contributed by atoms with van der Waals surface area (Å²) in [6, 6.07) is 7.38. The average Bonchev–Trinajstić information content (AvgIpc) is 2.30. The van der Waals surface area contributed by atoms with E-state index >= 15 is 0 Å². The van der Waals surface area contributed by atoms with E-state index in [1.54, 1.807) is 12.1 Å². The van der Waals surface area contributed by atoms with Crippen LogP contribution in [0.5, 0.6) is 0 Å². The third-order valence-corrected chi connectivity index (χ3v) is 3.37. The van der Waals surface area contributed by atoms with Crippen molar-refractivity contribution < 1.29 is 9.59 Å². The topological polar surface area (TPSA) is 34.1 Å². The molecule has 0 atom stereocenters. The fraction of sp³-hybridized carbons (Fsp3) is 0.385. The molecule has 0 saturated heterocycles. The van der Waals surface area contributed by atoms with E-state index in [4.69, 9.17) is 11.6 Å². The molecule has 1 fully saturated rings. The average molecular weight is 237 g/mol. The number of benzene rings is 1. The van der Waals surface area contributed by atoms with Crippen LogP contribution in [0.15, 0.2) is 24.3 Å². The number of hydrogen-bond acceptors (Lipinski definition) is 2. The highest BCUT2D eigenvalue weighted by Gasteiger charge is 2.20. The van der Waals surface area contributed by atoms with E-state index < -0.39 is 5.24 Å². The first-order chi connectivity index (χ1) is 7.66. The Kier molecular flexibility index (Phi) is 3.39. The van der Waals surface area contributed by atoms with Crippen LogP contribution in [0.2, 0.25) is 0 Å². The lowest BCUT2D eigenvalue weighted by Gasteiger charge is -2.21. The van der Waals surface area contributed by atoms with E-state index in [-0.39, 0.29) is 0 Å². The molecule has 0 aliphatic heterocycles. The Morgan fingerprint density at radius 2 is 1.69 bits per heavy atom. The van der Waals surface area contributed by atoms with Crippen LogP contribution in [0.3, 0.4) is 0 Å². The Balaban J connectivity index is 2.10. The van der Waals surface area contributed by atoms with Crippen molar-refractivity contribution in [2.75, 3.05) is 0 Å². The third-order valence-electron chi connectivity index (χ3n) is 3.15. The first-order valence-corrected chi connectivity index (χ1v) is 5.86. The lowest BCUT2D eigenvalue weighted by molar-refractivity contribution is -0.120. The van der Waals surface area contributed by atoms with Gasteiger partial charge in [0.05, 0.1) is 0 Å². The molecule has 1 aliphatic rings. The van der Waals surface area contributed by atoms with Crippen LogP contribution >= 0.6 is 11.6 Å². The van der Waals surface area contributed by atoms with E-state index in [0.717, 1.165) is 12.8 Å². The van der Waals surface area contributed by atoms with Crippen LogP contribution in [-0.2, 0) is 4.79 Å². The summed E-state index contributed by atoms with van der Waals surface area (Å²) in [5.41, 5.74) is 1.73. The Morgan fingerprint density at radius 1 is 1.12 bits per heavy atom.